The molecule has 1 N–H and O–H groups in total. The summed E-state index contributed by atoms with van der Waals surface area (Å²) in [7, 11) is 0. The highest BCUT2D eigenvalue weighted by molar-refractivity contribution is 5.87. The quantitative estimate of drug-likeness (QED) is 0.746. The Morgan fingerprint density at radius 1 is 1.67 bits per heavy atom. The van der Waals surface area contributed by atoms with Gasteiger partial charge in [-0.2, -0.15) is 0 Å². The lowest BCUT2D eigenvalue weighted by molar-refractivity contribution is 0.0514. The number of ether oxygens (including phenoxy) is 1. The molecule has 15 heavy (non-hydrogen) atoms. The Balaban J connectivity index is 2.52. The van der Waals surface area contributed by atoms with Crippen LogP contribution < -0.4 is 5.32 Å². The molecule has 5 heteroatoms. The van der Waals surface area contributed by atoms with Crippen molar-refractivity contribution >= 4 is 5.97 Å². The fraction of sp³-hybridized carbons (Fsp3) is 0.600. The van der Waals surface area contributed by atoms with Gasteiger partial charge in [-0.1, -0.05) is 19.0 Å². The summed E-state index contributed by atoms with van der Waals surface area (Å²) in [6.07, 6.45) is 0. The van der Waals surface area contributed by atoms with Crippen LogP contribution in [-0.4, -0.2) is 23.8 Å². The zero-order chi connectivity index (χ0) is 11.3. The number of hydrogen-bond acceptors (Lipinski definition) is 5. The zero-order valence-electron chi connectivity index (χ0n) is 9.24. The van der Waals surface area contributed by atoms with Gasteiger partial charge in [-0.25, -0.2) is 4.79 Å². The Kier molecular flexibility index (Phi) is 4.30. The molecule has 0 radical (unpaired) electrons. The Hall–Kier alpha value is -1.36. The lowest BCUT2D eigenvalue weighted by Crippen LogP contribution is -2.21. The van der Waals surface area contributed by atoms with Crippen molar-refractivity contribution < 1.29 is 14.1 Å². The molecule has 0 aliphatic rings. The number of hydrogen-bond donors (Lipinski definition) is 1. The Bertz CT molecular complexity index is 320. The van der Waals surface area contributed by atoms with E-state index in [2.05, 4.69) is 10.5 Å². The van der Waals surface area contributed by atoms with E-state index >= 15 is 0 Å². The van der Waals surface area contributed by atoms with Crippen LogP contribution in [-0.2, 0) is 11.3 Å². The smallest absolute Gasteiger partial charge is 0.360 e. The van der Waals surface area contributed by atoms with Crippen LogP contribution in [0.2, 0.25) is 0 Å². The van der Waals surface area contributed by atoms with Gasteiger partial charge in [0.1, 0.15) is 0 Å². The summed E-state index contributed by atoms with van der Waals surface area (Å²) in [6.45, 7) is 6.71. The van der Waals surface area contributed by atoms with Crippen LogP contribution in [0.4, 0.5) is 0 Å². The molecule has 5 nitrogen and oxygen atoms in total. The van der Waals surface area contributed by atoms with Crippen LogP contribution in [0.5, 0.6) is 0 Å². The van der Waals surface area contributed by atoms with E-state index in [4.69, 9.17) is 9.26 Å². The van der Waals surface area contributed by atoms with Gasteiger partial charge in [0, 0.05) is 12.1 Å². The molecule has 0 aliphatic heterocycles. The number of carbonyl (C=O) groups is 1. The Morgan fingerprint density at radius 3 is 3.00 bits per heavy atom. The summed E-state index contributed by atoms with van der Waals surface area (Å²) in [5.41, 5.74) is 0.220. The van der Waals surface area contributed by atoms with Crippen LogP contribution in [0.15, 0.2) is 10.6 Å². The van der Waals surface area contributed by atoms with Crippen LogP contribution in [0, 0.1) is 0 Å². The monoisotopic (exact) mass is 212 g/mol. The number of carbonyl (C=O) groups excluding carboxylic acids is 1. The predicted octanol–water partition coefficient (Wildman–Crippen LogP) is 1.35. The second kappa shape index (κ2) is 5.50. The fourth-order valence-corrected chi connectivity index (χ4v) is 1.00. The van der Waals surface area contributed by atoms with Crippen LogP contribution in [0.3, 0.4) is 0 Å². The van der Waals surface area contributed by atoms with Gasteiger partial charge in [-0.3, -0.25) is 0 Å². The molecular weight excluding hydrogens is 196 g/mol. The minimum Gasteiger partial charge on any atom is -0.461 e. The summed E-state index contributed by atoms with van der Waals surface area (Å²) in [4.78, 5) is 11.2. The van der Waals surface area contributed by atoms with Crippen molar-refractivity contribution in [3.05, 3.63) is 17.5 Å². The SMILES string of the molecule is CCOC(=O)c1cc(CNC(C)C)on1. The van der Waals surface area contributed by atoms with Gasteiger partial charge in [0.2, 0.25) is 0 Å². The van der Waals surface area contributed by atoms with Crippen LogP contribution in [0.25, 0.3) is 0 Å². The van der Waals surface area contributed by atoms with E-state index < -0.39 is 5.97 Å². The minimum absolute atomic E-state index is 0.220. The maximum absolute atomic E-state index is 11.2. The summed E-state index contributed by atoms with van der Waals surface area (Å²) < 4.78 is 9.75. The average molecular weight is 212 g/mol. The number of nitrogens with one attached hydrogen (secondary N) is 1. The van der Waals surface area contributed by atoms with Crippen molar-refractivity contribution in [2.75, 3.05) is 6.61 Å². The Labute approximate surface area is 88.8 Å². The van der Waals surface area contributed by atoms with Crippen molar-refractivity contribution in [1.82, 2.24) is 10.5 Å². The van der Waals surface area contributed by atoms with Crippen LogP contribution >= 0.6 is 0 Å². The second-order valence-corrected chi connectivity index (χ2v) is 3.43. The Morgan fingerprint density at radius 2 is 2.40 bits per heavy atom. The lowest BCUT2D eigenvalue weighted by atomic mass is 10.3. The van der Waals surface area contributed by atoms with E-state index in [-0.39, 0.29) is 5.69 Å². The summed E-state index contributed by atoms with van der Waals surface area (Å²) in [5.74, 6) is 0.184. The minimum atomic E-state index is -0.447. The molecule has 0 spiro atoms. The maximum Gasteiger partial charge on any atom is 0.360 e. The van der Waals surface area contributed by atoms with Crippen molar-refractivity contribution in [1.29, 1.82) is 0 Å². The molecule has 0 unspecified atom stereocenters. The number of aromatic nitrogens is 1. The molecule has 0 aliphatic carbocycles. The first-order chi connectivity index (χ1) is 7.13. The third-order valence-electron chi connectivity index (χ3n) is 1.73. The molecule has 1 rings (SSSR count). The van der Waals surface area contributed by atoms with Crippen molar-refractivity contribution in [3.63, 3.8) is 0 Å². The van der Waals surface area contributed by atoms with E-state index in [1.54, 1.807) is 13.0 Å². The lowest BCUT2D eigenvalue weighted by Gasteiger charge is -2.03. The summed E-state index contributed by atoms with van der Waals surface area (Å²) in [5, 5.41) is 6.78. The molecule has 0 fully saturated rings. The summed E-state index contributed by atoms with van der Waals surface area (Å²) in [6, 6.07) is 1.95. The van der Waals surface area contributed by atoms with Crippen molar-refractivity contribution in [2.24, 2.45) is 0 Å². The molecule has 1 aromatic rings. The van der Waals surface area contributed by atoms with Gasteiger partial charge in [-0.15, -0.1) is 0 Å². The topological polar surface area (TPSA) is 64.4 Å². The van der Waals surface area contributed by atoms with E-state index in [1.165, 1.54) is 0 Å². The summed E-state index contributed by atoms with van der Waals surface area (Å²) >= 11 is 0. The molecule has 1 heterocycles. The van der Waals surface area contributed by atoms with Crippen molar-refractivity contribution in [2.45, 2.75) is 33.4 Å². The van der Waals surface area contributed by atoms with Gasteiger partial charge >= 0.3 is 5.97 Å². The molecule has 0 aromatic carbocycles. The van der Waals surface area contributed by atoms with Gasteiger partial charge in [0.15, 0.2) is 11.5 Å². The molecule has 84 valence electrons. The molecule has 0 saturated carbocycles. The van der Waals surface area contributed by atoms with Crippen LogP contribution in [0.1, 0.15) is 37.0 Å². The molecule has 0 bridgehead atoms. The number of esters is 1. The van der Waals surface area contributed by atoms with Gasteiger partial charge in [0.05, 0.1) is 13.2 Å². The normalized spacial score (nSPS) is 10.7. The van der Waals surface area contributed by atoms with Gasteiger partial charge < -0.3 is 14.6 Å². The first kappa shape index (κ1) is 11.7. The highest BCUT2D eigenvalue weighted by atomic mass is 16.5. The zero-order valence-corrected chi connectivity index (χ0v) is 9.24. The van der Waals surface area contributed by atoms with Gasteiger partial charge in [0.25, 0.3) is 0 Å². The van der Waals surface area contributed by atoms with Gasteiger partial charge in [-0.05, 0) is 6.92 Å². The third kappa shape index (κ3) is 3.71. The first-order valence-electron chi connectivity index (χ1n) is 4.99. The van der Waals surface area contributed by atoms with E-state index in [0.717, 1.165) is 0 Å². The largest absolute Gasteiger partial charge is 0.461 e. The van der Waals surface area contributed by atoms with Crippen molar-refractivity contribution in [3.8, 4) is 0 Å². The first-order valence-corrected chi connectivity index (χ1v) is 4.99. The highest BCUT2D eigenvalue weighted by Gasteiger charge is 2.13. The fourth-order valence-electron chi connectivity index (χ4n) is 1.00. The predicted molar refractivity (Wildman–Crippen MR) is 54.4 cm³/mol. The standard InChI is InChI=1S/C10H16N2O3/c1-4-14-10(13)9-5-8(15-12-9)6-11-7(2)3/h5,7,11H,4,6H2,1-3H3. The van der Waals surface area contributed by atoms with E-state index in [0.29, 0.717) is 25.0 Å². The molecule has 0 amide bonds. The molecule has 1 aromatic heterocycles. The molecule has 0 atom stereocenters. The molecule has 0 saturated heterocycles. The van der Waals surface area contributed by atoms with E-state index in [1.807, 2.05) is 13.8 Å². The number of rotatable bonds is 5. The number of nitrogens with zero attached hydrogens (tertiary/aromatic N) is 1. The highest BCUT2D eigenvalue weighted by Crippen LogP contribution is 2.05. The maximum atomic E-state index is 11.2. The second-order valence-electron chi connectivity index (χ2n) is 3.43. The third-order valence-corrected chi connectivity index (χ3v) is 1.73. The average Bonchev–Trinajstić information content (AvgIpc) is 2.63. The van der Waals surface area contributed by atoms with E-state index in [9.17, 15) is 4.79 Å². The molecular formula is C10H16N2O3.